The van der Waals surface area contributed by atoms with Gasteiger partial charge in [0.15, 0.2) is 0 Å². The van der Waals surface area contributed by atoms with E-state index >= 15 is 0 Å². The Kier molecular flexibility index (Phi) is 4.28. The van der Waals surface area contributed by atoms with Gasteiger partial charge in [0.05, 0.1) is 16.9 Å². The predicted molar refractivity (Wildman–Crippen MR) is 57.9 cm³/mol. The standard InChI is InChI=1S/C9H11ClO5S/c10-5-7(11)9(12)6-3-1-2-4-8(6)16(13,14)15/h1-4,7,9,11-12H,5H2,(H,13,14,15). The molecule has 0 aromatic heterocycles. The number of benzene rings is 1. The van der Waals surface area contributed by atoms with Crippen LogP contribution in [-0.4, -0.2) is 35.2 Å². The van der Waals surface area contributed by atoms with Crippen molar-refractivity contribution in [2.24, 2.45) is 0 Å². The second-order valence-corrected chi connectivity index (χ2v) is 4.88. The molecule has 7 heteroatoms. The number of aliphatic hydroxyl groups excluding tert-OH is 2. The van der Waals surface area contributed by atoms with Crippen LogP contribution < -0.4 is 0 Å². The van der Waals surface area contributed by atoms with E-state index in [9.17, 15) is 18.6 Å². The summed E-state index contributed by atoms with van der Waals surface area (Å²) in [6.45, 7) is 0. The molecule has 16 heavy (non-hydrogen) atoms. The van der Waals surface area contributed by atoms with Crippen molar-refractivity contribution in [2.75, 3.05) is 5.88 Å². The van der Waals surface area contributed by atoms with Gasteiger partial charge in [-0.1, -0.05) is 18.2 Å². The number of hydrogen-bond donors (Lipinski definition) is 3. The lowest BCUT2D eigenvalue weighted by Crippen LogP contribution is -2.21. The molecular weight excluding hydrogens is 256 g/mol. The van der Waals surface area contributed by atoms with Crippen molar-refractivity contribution in [3.63, 3.8) is 0 Å². The molecule has 1 rings (SSSR count). The van der Waals surface area contributed by atoms with Gasteiger partial charge in [-0.3, -0.25) is 4.55 Å². The smallest absolute Gasteiger partial charge is 0.294 e. The highest BCUT2D eigenvalue weighted by Gasteiger charge is 2.24. The molecule has 1 aromatic carbocycles. The minimum absolute atomic E-state index is 0.0850. The van der Waals surface area contributed by atoms with Crippen LogP contribution in [0, 0.1) is 0 Å². The lowest BCUT2D eigenvalue weighted by Gasteiger charge is -2.17. The number of rotatable bonds is 4. The van der Waals surface area contributed by atoms with Gasteiger partial charge in [-0.2, -0.15) is 8.42 Å². The third-order valence-electron chi connectivity index (χ3n) is 2.04. The molecule has 0 amide bonds. The summed E-state index contributed by atoms with van der Waals surface area (Å²) in [6, 6.07) is 5.30. The van der Waals surface area contributed by atoms with Crippen LogP contribution in [0.4, 0.5) is 0 Å². The lowest BCUT2D eigenvalue weighted by atomic mass is 10.1. The molecular formula is C9H11ClO5S. The Morgan fingerprint density at radius 2 is 1.81 bits per heavy atom. The van der Waals surface area contributed by atoms with E-state index in [0.29, 0.717) is 0 Å². The molecule has 2 unspecified atom stereocenters. The van der Waals surface area contributed by atoms with Crippen LogP contribution in [0.1, 0.15) is 11.7 Å². The summed E-state index contributed by atoms with van der Waals surface area (Å²) in [6.07, 6.45) is -2.76. The van der Waals surface area contributed by atoms with Crippen molar-refractivity contribution in [1.29, 1.82) is 0 Å². The molecule has 0 heterocycles. The first-order valence-corrected chi connectivity index (χ1v) is 6.34. The van der Waals surface area contributed by atoms with Crippen LogP contribution in [0.15, 0.2) is 29.2 Å². The van der Waals surface area contributed by atoms with Crippen molar-refractivity contribution in [1.82, 2.24) is 0 Å². The number of alkyl halides is 1. The Morgan fingerprint density at radius 1 is 1.25 bits per heavy atom. The third kappa shape index (κ3) is 2.93. The monoisotopic (exact) mass is 266 g/mol. The van der Waals surface area contributed by atoms with E-state index in [1.165, 1.54) is 18.2 Å². The van der Waals surface area contributed by atoms with Crippen molar-refractivity contribution in [2.45, 2.75) is 17.1 Å². The Morgan fingerprint density at radius 3 is 2.31 bits per heavy atom. The third-order valence-corrected chi connectivity index (χ3v) is 3.28. The highest BCUT2D eigenvalue weighted by Crippen LogP contribution is 2.25. The van der Waals surface area contributed by atoms with E-state index in [1.807, 2.05) is 0 Å². The summed E-state index contributed by atoms with van der Waals surface area (Å²) in [7, 11) is -4.43. The fourth-order valence-electron chi connectivity index (χ4n) is 1.25. The zero-order valence-electron chi connectivity index (χ0n) is 8.12. The van der Waals surface area contributed by atoms with E-state index in [-0.39, 0.29) is 11.4 Å². The van der Waals surface area contributed by atoms with Crippen molar-refractivity contribution < 1.29 is 23.2 Å². The SMILES string of the molecule is O=S(=O)(O)c1ccccc1C(O)C(O)CCl. The molecule has 0 fully saturated rings. The van der Waals surface area contributed by atoms with E-state index in [0.717, 1.165) is 6.07 Å². The molecule has 0 aliphatic heterocycles. The fraction of sp³-hybridized carbons (Fsp3) is 0.333. The molecule has 0 saturated heterocycles. The average Bonchev–Trinajstić information content (AvgIpc) is 2.26. The van der Waals surface area contributed by atoms with Crippen LogP contribution in [0.3, 0.4) is 0 Å². The summed E-state index contributed by atoms with van der Waals surface area (Å²) in [5.74, 6) is -0.249. The molecule has 0 aliphatic carbocycles. The molecule has 90 valence electrons. The molecule has 2 atom stereocenters. The Hall–Kier alpha value is -0.660. The summed E-state index contributed by atoms with van der Waals surface area (Å²) < 4.78 is 30.9. The van der Waals surface area contributed by atoms with Gasteiger partial charge in [0.2, 0.25) is 0 Å². The minimum Gasteiger partial charge on any atom is -0.389 e. The van der Waals surface area contributed by atoms with Gasteiger partial charge in [-0.15, -0.1) is 11.6 Å². The van der Waals surface area contributed by atoms with Crippen LogP contribution in [-0.2, 0) is 10.1 Å². The maximum Gasteiger partial charge on any atom is 0.294 e. The van der Waals surface area contributed by atoms with Crippen molar-refractivity contribution in [3.05, 3.63) is 29.8 Å². The van der Waals surface area contributed by atoms with Gasteiger partial charge in [0, 0.05) is 5.56 Å². The van der Waals surface area contributed by atoms with Gasteiger partial charge < -0.3 is 10.2 Å². The van der Waals surface area contributed by atoms with Crippen LogP contribution in [0.25, 0.3) is 0 Å². The maximum absolute atomic E-state index is 11.0. The molecule has 5 nitrogen and oxygen atoms in total. The topological polar surface area (TPSA) is 94.8 Å². The van der Waals surface area contributed by atoms with Crippen molar-refractivity contribution in [3.8, 4) is 0 Å². The number of hydrogen-bond acceptors (Lipinski definition) is 4. The zero-order valence-corrected chi connectivity index (χ0v) is 9.69. The summed E-state index contributed by atoms with van der Waals surface area (Å²) in [5.41, 5.74) is -0.0850. The van der Waals surface area contributed by atoms with E-state index < -0.39 is 27.2 Å². The molecule has 0 aliphatic rings. The quantitative estimate of drug-likeness (QED) is 0.547. The second-order valence-electron chi connectivity index (χ2n) is 3.18. The van der Waals surface area contributed by atoms with Gasteiger partial charge in [-0.05, 0) is 6.07 Å². The number of halogens is 1. The highest BCUT2D eigenvalue weighted by atomic mass is 35.5. The highest BCUT2D eigenvalue weighted by molar-refractivity contribution is 7.85. The molecule has 0 bridgehead atoms. The summed E-state index contributed by atoms with van der Waals surface area (Å²) in [4.78, 5) is -0.438. The van der Waals surface area contributed by atoms with Gasteiger partial charge in [0.1, 0.15) is 6.10 Å². The summed E-state index contributed by atoms with van der Waals surface area (Å²) >= 11 is 5.34. The van der Waals surface area contributed by atoms with Crippen LogP contribution >= 0.6 is 11.6 Å². The molecule has 0 radical (unpaired) electrons. The molecule has 0 saturated carbocycles. The normalized spacial score (nSPS) is 15.8. The van der Waals surface area contributed by atoms with E-state index in [2.05, 4.69) is 0 Å². The molecule has 0 spiro atoms. The molecule has 1 aromatic rings. The van der Waals surface area contributed by atoms with Gasteiger partial charge >= 0.3 is 0 Å². The fourth-order valence-corrected chi connectivity index (χ4v) is 2.16. The number of aliphatic hydroxyl groups is 2. The first kappa shape index (κ1) is 13.4. The molecule has 3 N–H and O–H groups in total. The summed E-state index contributed by atoms with van der Waals surface area (Å²) in [5, 5.41) is 18.9. The Bertz CT molecular complexity index is 459. The van der Waals surface area contributed by atoms with E-state index in [1.54, 1.807) is 0 Å². The van der Waals surface area contributed by atoms with E-state index in [4.69, 9.17) is 16.2 Å². The average molecular weight is 267 g/mol. The van der Waals surface area contributed by atoms with Crippen LogP contribution in [0.2, 0.25) is 0 Å². The maximum atomic E-state index is 11.0. The van der Waals surface area contributed by atoms with Crippen molar-refractivity contribution >= 4 is 21.7 Å². The Labute approximate surface area is 98.0 Å². The first-order chi connectivity index (χ1) is 7.38. The Balaban J connectivity index is 3.24. The predicted octanol–water partition coefficient (Wildman–Crippen LogP) is 0.566. The second kappa shape index (κ2) is 5.11. The minimum atomic E-state index is -4.43. The van der Waals surface area contributed by atoms with Gasteiger partial charge in [-0.25, -0.2) is 0 Å². The first-order valence-electron chi connectivity index (χ1n) is 4.36. The zero-order chi connectivity index (χ0) is 12.3. The lowest BCUT2D eigenvalue weighted by molar-refractivity contribution is 0.0309. The van der Waals surface area contributed by atoms with Crippen LogP contribution in [0.5, 0.6) is 0 Å². The van der Waals surface area contributed by atoms with Gasteiger partial charge in [0.25, 0.3) is 10.1 Å². The largest absolute Gasteiger partial charge is 0.389 e.